The minimum atomic E-state index is -0.518. The van der Waals surface area contributed by atoms with Gasteiger partial charge in [-0.3, -0.25) is 20.2 Å². The summed E-state index contributed by atoms with van der Waals surface area (Å²) in [5, 5.41) is 12.5. The van der Waals surface area contributed by atoms with Crippen molar-refractivity contribution in [2.45, 2.75) is 33.2 Å². The van der Waals surface area contributed by atoms with Crippen LogP contribution in [0, 0.1) is 12.8 Å². The number of hydrogen-bond donors (Lipinski definition) is 2. The molecule has 0 saturated carbocycles. The fourth-order valence-electron chi connectivity index (χ4n) is 1.60. The molecule has 0 aromatic carbocycles. The van der Waals surface area contributed by atoms with Gasteiger partial charge in [0.1, 0.15) is 6.04 Å². The Morgan fingerprint density at radius 2 is 2.05 bits per heavy atom. The van der Waals surface area contributed by atoms with Crippen LogP contribution in [-0.4, -0.2) is 41.8 Å². The maximum atomic E-state index is 11.7. The molecule has 0 fully saturated rings. The number of anilines is 1. The van der Waals surface area contributed by atoms with Crippen molar-refractivity contribution in [3.05, 3.63) is 5.89 Å². The molecule has 0 aliphatic rings. The standard InChI is InChI=1S/C12H20N4O4/c1-7(2)5-9(11(18)19-4)13-6-10(17)14-12-16-15-8(3)20-12/h7,9,13H,5-6H2,1-4H3,(H,14,16,17). The first kappa shape index (κ1) is 16.1. The molecule has 1 aromatic rings. The molecule has 20 heavy (non-hydrogen) atoms. The number of methoxy groups -OCH3 is 1. The van der Waals surface area contributed by atoms with Crippen LogP contribution in [-0.2, 0) is 14.3 Å². The minimum Gasteiger partial charge on any atom is -0.468 e. The fourth-order valence-corrected chi connectivity index (χ4v) is 1.60. The van der Waals surface area contributed by atoms with E-state index in [1.54, 1.807) is 6.92 Å². The summed E-state index contributed by atoms with van der Waals surface area (Å²) in [5.74, 6) is -0.0970. The van der Waals surface area contributed by atoms with Crippen molar-refractivity contribution in [3.63, 3.8) is 0 Å². The predicted molar refractivity (Wildman–Crippen MR) is 70.9 cm³/mol. The molecule has 0 spiro atoms. The third-order valence-corrected chi connectivity index (χ3v) is 2.47. The van der Waals surface area contributed by atoms with E-state index in [2.05, 4.69) is 20.8 Å². The third-order valence-electron chi connectivity index (χ3n) is 2.47. The highest BCUT2D eigenvalue weighted by atomic mass is 16.5. The number of nitrogens with zero attached hydrogens (tertiary/aromatic N) is 2. The van der Waals surface area contributed by atoms with E-state index in [4.69, 9.17) is 9.15 Å². The quantitative estimate of drug-likeness (QED) is 0.702. The Labute approximate surface area is 117 Å². The summed E-state index contributed by atoms with van der Waals surface area (Å²) in [6.45, 7) is 5.54. The van der Waals surface area contributed by atoms with Gasteiger partial charge in [0, 0.05) is 6.92 Å². The first-order chi connectivity index (χ1) is 9.42. The van der Waals surface area contributed by atoms with Crippen molar-refractivity contribution >= 4 is 17.9 Å². The normalized spacial score (nSPS) is 12.2. The predicted octanol–water partition coefficient (Wildman–Crippen LogP) is 0.494. The second kappa shape index (κ2) is 7.59. The van der Waals surface area contributed by atoms with Gasteiger partial charge in [-0.2, -0.15) is 0 Å². The fraction of sp³-hybridized carbons (Fsp3) is 0.667. The minimum absolute atomic E-state index is 0.0350. The lowest BCUT2D eigenvalue weighted by molar-refractivity contribution is -0.143. The summed E-state index contributed by atoms with van der Waals surface area (Å²) >= 11 is 0. The topological polar surface area (TPSA) is 106 Å². The van der Waals surface area contributed by atoms with Gasteiger partial charge >= 0.3 is 12.0 Å². The van der Waals surface area contributed by atoms with Crippen LogP contribution < -0.4 is 10.6 Å². The number of esters is 1. The zero-order valence-corrected chi connectivity index (χ0v) is 12.1. The summed E-state index contributed by atoms with van der Waals surface area (Å²) in [4.78, 5) is 23.2. The van der Waals surface area contributed by atoms with Crippen molar-refractivity contribution < 1.29 is 18.7 Å². The molecule has 1 amide bonds. The molecule has 0 aliphatic heterocycles. The smallest absolute Gasteiger partial charge is 0.322 e. The average Bonchev–Trinajstić information content (AvgIpc) is 2.78. The highest BCUT2D eigenvalue weighted by Crippen LogP contribution is 2.06. The molecule has 0 radical (unpaired) electrons. The van der Waals surface area contributed by atoms with Crippen LogP contribution >= 0.6 is 0 Å². The molecular weight excluding hydrogens is 264 g/mol. The van der Waals surface area contributed by atoms with Gasteiger partial charge in [-0.15, -0.1) is 5.10 Å². The first-order valence-electron chi connectivity index (χ1n) is 6.33. The summed E-state index contributed by atoms with van der Waals surface area (Å²) in [5.41, 5.74) is 0. The molecule has 0 aliphatic carbocycles. The zero-order valence-electron chi connectivity index (χ0n) is 12.1. The van der Waals surface area contributed by atoms with E-state index in [0.717, 1.165) is 0 Å². The largest absolute Gasteiger partial charge is 0.468 e. The second-order valence-electron chi connectivity index (χ2n) is 4.76. The molecule has 1 atom stereocenters. The Morgan fingerprint density at radius 1 is 1.35 bits per heavy atom. The molecule has 1 aromatic heterocycles. The van der Waals surface area contributed by atoms with Gasteiger partial charge in [-0.05, 0) is 12.3 Å². The lowest BCUT2D eigenvalue weighted by atomic mass is 10.0. The van der Waals surface area contributed by atoms with Crippen molar-refractivity contribution in [3.8, 4) is 0 Å². The van der Waals surface area contributed by atoms with E-state index < -0.39 is 6.04 Å². The van der Waals surface area contributed by atoms with Crippen LogP contribution in [0.4, 0.5) is 6.01 Å². The molecule has 1 unspecified atom stereocenters. The number of rotatable bonds is 7. The summed E-state index contributed by atoms with van der Waals surface area (Å²) in [6, 6.07) is -0.483. The number of nitrogens with one attached hydrogen (secondary N) is 2. The van der Waals surface area contributed by atoms with Crippen molar-refractivity contribution in [1.82, 2.24) is 15.5 Å². The second-order valence-corrected chi connectivity index (χ2v) is 4.76. The van der Waals surface area contributed by atoms with E-state index in [1.807, 2.05) is 13.8 Å². The van der Waals surface area contributed by atoms with Gasteiger partial charge in [0.05, 0.1) is 13.7 Å². The molecule has 8 heteroatoms. The molecule has 0 saturated heterocycles. The SMILES string of the molecule is COC(=O)C(CC(C)C)NCC(=O)Nc1nnc(C)o1. The summed E-state index contributed by atoms with van der Waals surface area (Å²) in [6.07, 6.45) is 0.583. The maximum Gasteiger partial charge on any atom is 0.322 e. The Bertz CT molecular complexity index is 458. The van der Waals surface area contributed by atoms with Gasteiger partial charge < -0.3 is 9.15 Å². The highest BCUT2D eigenvalue weighted by molar-refractivity contribution is 5.90. The molecular formula is C12H20N4O4. The van der Waals surface area contributed by atoms with Crippen molar-refractivity contribution in [2.24, 2.45) is 5.92 Å². The van der Waals surface area contributed by atoms with Gasteiger partial charge in [-0.25, -0.2) is 0 Å². The first-order valence-corrected chi connectivity index (χ1v) is 6.33. The van der Waals surface area contributed by atoms with Crippen LogP contribution in [0.15, 0.2) is 4.42 Å². The monoisotopic (exact) mass is 284 g/mol. The number of ether oxygens (including phenoxy) is 1. The van der Waals surface area contributed by atoms with Crippen LogP contribution in [0.5, 0.6) is 0 Å². The van der Waals surface area contributed by atoms with Gasteiger partial charge in [-0.1, -0.05) is 18.9 Å². The van der Waals surface area contributed by atoms with Gasteiger partial charge in [0.15, 0.2) is 0 Å². The van der Waals surface area contributed by atoms with E-state index in [9.17, 15) is 9.59 Å². The number of carbonyl (C=O) groups excluding carboxylic acids is 2. The molecule has 8 nitrogen and oxygen atoms in total. The van der Waals surface area contributed by atoms with E-state index in [1.165, 1.54) is 7.11 Å². The van der Waals surface area contributed by atoms with Gasteiger partial charge in [0.2, 0.25) is 11.8 Å². The molecule has 0 bridgehead atoms. The number of carbonyl (C=O) groups is 2. The highest BCUT2D eigenvalue weighted by Gasteiger charge is 2.21. The number of amides is 1. The summed E-state index contributed by atoms with van der Waals surface area (Å²) < 4.78 is 9.71. The van der Waals surface area contributed by atoms with Crippen LogP contribution in [0.3, 0.4) is 0 Å². The average molecular weight is 284 g/mol. The molecule has 112 valence electrons. The van der Waals surface area contributed by atoms with Crippen LogP contribution in [0.25, 0.3) is 0 Å². The lowest BCUT2D eigenvalue weighted by Gasteiger charge is -2.17. The van der Waals surface area contributed by atoms with E-state index >= 15 is 0 Å². The van der Waals surface area contributed by atoms with Gasteiger partial charge in [0.25, 0.3) is 0 Å². The van der Waals surface area contributed by atoms with Crippen molar-refractivity contribution in [1.29, 1.82) is 0 Å². The third kappa shape index (κ3) is 5.35. The number of aryl methyl sites for hydroxylation is 1. The number of aromatic nitrogens is 2. The van der Waals surface area contributed by atoms with Crippen LogP contribution in [0.2, 0.25) is 0 Å². The number of hydrogen-bond acceptors (Lipinski definition) is 7. The maximum absolute atomic E-state index is 11.7. The Balaban J connectivity index is 2.45. The Kier molecular flexibility index (Phi) is 6.10. The Hall–Kier alpha value is -1.96. The van der Waals surface area contributed by atoms with Crippen molar-refractivity contribution in [2.75, 3.05) is 19.0 Å². The summed E-state index contributed by atoms with van der Waals surface area (Å²) in [7, 11) is 1.32. The molecule has 1 rings (SSSR count). The molecule has 2 N–H and O–H groups in total. The lowest BCUT2D eigenvalue weighted by Crippen LogP contribution is -2.42. The van der Waals surface area contributed by atoms with E-state index in [0.29, 0.717) is 18.2 Å². The molecule has 1 heterocycles. The zero-order chi connectivity index (χ0) is 15.1. The van der Waals surface area contributed by atoms with Crippen LogP contribution in [0.1, 0.15) is 26.2 Å². The van der Waals surface area contributed by atoms with E-state index in [-0.39, 0.29) is 24.4 Å². The Morgan fingerprint density at radius 3 is 2.55 bits per heavy atom.